The van der Waals surface area contributed by atoms with Crippen molar-refractivity contribution in [3.63, 3.8) is 0 Å². The molecule has 0 atom stereocenters. The minimum Gasteiger partial charge on any atom is -0.398 e. The van der Waals surface area contributed by atoms with Crippen LogP contribution in [-0.2, 0) is 6.54 Å². The zero-order chi connectivity index (χ0) is 13.1. The van der Waals surface area contributed by atoms with Gasteiger partial charge in [-0.05, 0) is 24.6 Å². The number of nitrogens with two attached hydrogens (primary N) is 1. The molecule has 2 aromatic rings. The number of benzene rings is 1. The number of ketones is 1. The molecule has 0 unspecified atom stereocenters. The second-order valence-electron chi connectivity index (χ2n) is 4.01. The summed E-state index contributed by atoms with van der Waals surface area (Å²) >= 11 is 5.83. The summed E-state index contributed by atoms with van der Waals surface area (Å²) in [6, 6.07) is 4.86. The quantitative estimate of drug-likeness (QED) is 0.682. The number of carbonyl (C=O) groups excluding carboxylic acids is 1. The highest BCUT2D eigenvalue weighted by molar-refractivity contribution is 6.33. The van der Waals surface area contributed by atoms with Crippen LogP contribution in [0.2, 0.25) is 5.02 Å². The van der Waals surface area contributed by atoms with Crippen molar-refractivity contribution >= 4 is 23.1 Å². The Morgan fingerprint density at radius 2 is 2.28 bits per heavy atom. The molecule has 0 aliphatic carbocycles. The van der Waals surface area contributed by atoms with Gasteiger partial charge in [0.1, 0.15) is 0 Å². The van der Waals surface area contributed by atoms with E-state index in [-0.39, 0.29) is 5.78 Å². The zero-order valence-electron chi connectivity index (χ0n) is 10.1. The molecule has 1 aromatic heterocycles. The molecule has 0 fully saturated rings. The van der Waals surface area contributed by atoms with Crippen LogP contribution in [0.4, 0.5) is 5.69 Å². The van der Waals surface area contributed by atoms with Crippen molar-refractivity contribution in [1.82, 2.24) is 9.55 Å². The van der Waals surface area contributed by atoms with Gasteiger partial charge in [-0.2, -0.15) is 0 Å². The Morgan fingerprint density at radius 3 is 2.94 bits per heavy atom. The fourth-order valence-electron chi connectivity index (χ4n) is 1.75. The van der Waals surface area contributed by atoms with Crippen molar-refractivity contribution in [3.05, 3.63) is 47.0 Å². The maximum Gasteiger partial charge on any atom is 0.228 e. The maximum atomic E-state index is 12.3. The number of hydrogen-bond acceptors (Lipinski definition) is 3. The summed E-state index contributed by atoms with van der Waals surface area (Å²) in [5, 5.41) is 0.448. The lowest BCUT2D eigenvalue weighted by molar-refractivity contribution is 0.102. The van der Waals surface area contributed by atoms with E-state index in [0.717, 1.165) is 13.0 Å². The number of carbonyl (C=O) groups is 1. The normalized spacial score (nSPS) is 10.6. The predicted octanol–water partition coefficient (Wildman–Crippen LogP) is 2.76. The highest BCUT2D eigenvalue weighted by Gasteiger charge is 2.15. The minimum atomic E-state index is -0.142. The van der Waals surface area contributed by atoms with Gasteiger partial charge in [0, 0.05) is 24.5 Å². The molecule has 2 N–H and O–H groups in total. The topological polar surface area (TPSA) is 60.9 Å². The number of hydrogen-bond donors (Lipinski definition) is 1. The third-order valence-corrected chi connectivity index (χ3v) is 2.99. The van der Waals surface area contributed by atoms with Crippen molar-refractivity contribution in [1.29, 1.82) is 0 Å². The molecule has 0 bridgehead atoms. The van der Waals surface area contributed by atoms with Crippen LogP contribution in [0.5, 0.6) is 0 Å². The van der Waals surface area contributed by atoms with E-state index in [1.807, 2.05) is 4.57 Å². The van der Waals surface area contributed by atoms with Crippen LogP contribution in [0.15, 0.2) is 30.6 Å². The van der Waals surface area contributed by atoms with Crippen LogP contribution in [-0.4, -0.2) is 15.3 Å². The van der Waals surface area contributed by atoms with Crippen LogP contribution >= 0.6 is 11.6 Å². The van der Waals surface area contributed by atoms with Crippen molar-refractivity contribution in [3.8, 4) is 0 Å². The van der Waals surface area contributed by atoms with Crippen molar-refractivity contribution in [2.24, 2.45) is 0 Å². The van der Waals surface area contributed by atoms with Crippen molar-refractivity contribution < 1.29 is 4.79 Å². The second-order valence-corrected chi connectivity index (χ2v) is 4.42. The maximum absolute atomic E-state index is 12.3. The van der Waals surface area contributed by atoms with E-state index in [2.05, 4.69) is 11.9 Å². The van der Waals surface area contributed by atoms with E-state index in [1.54, 1.807) is 30.6 Å². The van der Waals surface area contributed by atoms with Crippen LogP contribution in [0.3, 0.4) is 0 Å². The molecule has 4 nitrogen and oxygen atoms in total. The van der Waals surface area contributed by atoms with E-state index in [9.17, 15) is 4.79 Å². The number of nitrogens with zero attached hydrogens (tertiary/aromatic N) is 2. The Labute approximate surface area is 110 Å². The molecule has 18 heavy (non-hydrogen) atoms. The highest BCUT2D eigenvalue weighted by atomic mass is 35.5. The molecule has 0 amide bonds. The summed E-state index contributed by atoms with van der Waals surface area (Å²) in [7, 11) is 0. The molecule has 0 saturated heterocycles. The SMILES string of the molecule is CCCn1ccnc1C(=O)c1ccc(Cl)c(N)c1. The van der Waals surface area contributed by atoms with Crippen LogP contribution < -0.4 is 5.73 Å². The molecule has 0 saturated carbocycles. The van der Waals surface area contributed by atoms with Crippen molar-refractivity contribution in [2.75, 3.05) is 5.73 Å². The average molecular weight is 264 g/mol. The second kappa shape index (κ2) is 5.23. The van der Waals surface area contributed by atoms with Gasteiger partial charge in [0.25, 0.3) is 0 Å². The lowest BCUT2D eigenvalue weighted by Crippen LogP contribution is -2.11. The smallest absolute Gasteiger partial charge is 0.228 e. The number of nitrogen functional groups attached to an aromatic ring is 1. The van der Waals surface area contributed by atoms with E-state index in [1.165, 1.54) is 0 Å². The highest BCUT2D eigenvalue weighted by Crippen LogP contribution is 2.21. The van der Waals surface area contributed by atoms with Gasteiger partial charge < -0.3 is 10.3 Å². The first-order valence-electron chi connectivity index (χ1n) is 5.74. The Kier molecular flexibility index (Phi) is 3.67. The van der Waals surface area contributed by atoms with Gasteiger partial charge in [-0.3, -0.25) is 4.79 Å². The molecule has 1 aromatic carbocycles. The van der Waals surface area contributed by atoms with Gasteiger partial charge in [0.2, 0.25) is 5.78 Å². The van der Waals surface area contributed by atoms with Gasteiger partial charge in [-0.25, -0.2) is 4.98 Å². The third-order valence-electron chi connectivity index (χ3n) is 2.64. The molecular weight excluding hydrogens is 250 g/mol. The number of rotatable bonds is 4. The molecule has 2 rings (SSSR count). The zero-order valence-corrected chi connectivity index (χ0v) is 10.8. The monoisotopic (exact) mass is 263 g/mol. The number of imidazole rings is 1. The van der Waals surface area contributed by atoms with E-state index >= 15 is 0 Å². The molecule has 0 radical (unpaired) electrons. The fourth-order valence-corrected chi connectivity index (χ4v) is 1.87. The Bertz CT molecular complexity index is 577. The first-order chi connectivity index (χ1) is 8.63. The minimum absolute atomic E-state index is 0.142. The summed E-state index contributed by atoms with van der Waals surface area (Å²) in [5.74, 6) is 0.287. The van der Waals surface area contributed by atoms with Gasteiger partial charge in [-0.1, -0.05) is 18.5 Å². The molecule has 5 heteroatoms. The Balaban J connectivity index is 2.35. The summed E-state index contributed by atoms with van der Waals surface area (Å²) in [4.78, 5) is 16.4. The van der Waals surface area contributed by atoms with Crippen LogP contribution in [0, 0.1) is 0 Å². The summed E-state index contributed by atoms with van der Waals surface area (Å²) in [5.41, 5.74) is 6.60. The number of anilines is 1. The fraction of sp³-hybridized carbons (Fsp3) is 0.231. The Morgan fingerprint density at radius 1 is 1.50 bits per heavy atom. The van der Waals surface area contributed by atoms with Crippen molar-refractivity contribution in [2.45, 2.75) is 19.9 Å². The van der Waals surface area contributed by atoms with Gasteiger partial charge in [-0.15, -0.1) is 0 Å². The van der Waals surface area contributed by atoms with E-state index in [0.29, 0.717) is 22.1 Å². The van der Waals surface area contributed by atoms with Gasteiger partial charge in [0.15, 0.2) is 5.82 Å². The molecule has 94 valence electrons. The molecule has 0 spiro atoms. The van der Waals surface area contributed by atoms with Gasteiger partial charge in [0.05, 0.1) is 10.7 Å². The van der Waals surface area contributed by atoms with Crippen LogP contribution in [0.1, 0.15) is 29.5 Å². The van der Waals surface area contributed by atoms with Crippen LogP contribution in [0.25, 0.3) is 0 Å². The number of aromatic nitrogens is 2. The first kappa shape index (κ1) is 12.6. The molecular formula is C13H14ClN3O. The number of halogens is 1. The Hall–Kier alpha value is -1.81. The standard InChI is InChI=1S/C13H14ClN3O/c1-2-6-17-7-5-16-13(17)12(18)9-3-4-10(14)11(15)8-9/h3-5,7-8H,2,6,15H2,1H3. The summed E-state index contributed by atoms with van der Waals surface area (Å²) < 4.78 is 1.84. The van der Waals surface area contributed by atoms with E-state index in [4.69, 9.17) is 17.3 Å². The van der Waals surface area contributed by atoms with Gasteiger partial charge >= 0.3 is 0 Å². The summed E-state index contributed by atoms with van der Waals surface area (Å²) in [6.07, 6.45) is 4.37. The number of aryl methyl sites for hydroxylation is 1. The summed E-state index contributed by atoms with van der Waals surface area (Å²) in [6.45, 7) is 2.82. The largest absolute Gasteiger partial charge is 0.398 e. The molecule has 1 heterocycles. The molecule has 0 aliphatic heterocycles. The first-order valence-corrected chi connectivity index (χ1v) is 6.12. The van der Waals surface area contributed by atoms with E-state index < -0.39 is 0 Å². The lowest BCUT2D eigenvalue weighted by atomic mass is 10.1. The molecule has 0 aliphatic rings. The lowest BCUT2D eigenvalue weighted by Gasteiger charge is -2.06. The third kappa shape index (κ3) is 2.38. The predicted molar refractivity (Wildman–Crippen MR) is 71.8 cm³/mol. The average Bonchev–Trinajstić information content (AvgIpc) is 2.80.